The van der Waals surface area contributed by atoms with E-state index in [2.05, 4.69) is 206 Å². The predicted octanol–water partition coefficient (Wildman–Crippen LogP) is 13.9. The number of benzene rings is 9. The standard InChI is InChI=1S/C52H34N2/c1-5-21-37(22-6-1)45-47(43-33-17-29-35-19-13-15-31-41(35)43)48(44-34-18-30-36-20-14-16-32-42(36)44)46(38-23-7-2-8-24-38)52-51(45)53-49(39-25-9-3-10-26-39)50(54-52)40-27-11-4-12-28-40/h1-34H. The van der Waals surface area contributed by atoms with Gasteiger partial charge in [0.05, 0.1) is 22.4 Å². The zero-order chi connectivity index (χ0) is 35.8. The Hall–Kier alpha value is -7.16. The van der Waals surface area contributed by atoms with Crippen molar-refractivity contribution in [1.82, 2.24) is 9.97 Å². The molecular weight excluding hydrogens is 653 g/mol. The van der Waals surface area contributed by atoms with Crippen LogP contribution in [0.4, 0.5) is 0 Å². The smallest absolute Gasteiger partial charge is 0.0986 e. The second-order valence-corrected chi connectivity index (χ2v) is 13.6. The molecule has 0 N–H and O–H groups in total. The summed E-state index contributed by atoms with van der Waals surface area (Å²) in [5.41, 5.74) is 14.4. The van der Waals surface area contributed by atoms with E-state index in [1.807, 2.05) is 0 Å². The van der Waals surface area contributed by atoms with Crippen LogP contribution in [0, 0.1) is 0 Å². The molecule has 0 atom stereocenters. The van der Waals surface area contributed by atoms with Crippen LogP contribution < -0.4 is 0 Å². The van der Waals surface area contributed by atoms with Crippen LogP contribution in [0.5, 0.6) is 0 Å². The lowest BCUT2D eigenvalue weighted by Crippen LogP contribution is -2.03. The second-order valence-electron chi connectivity index (χ2n) is 13.6. The molecule has 0 aliphatic heterocycles. The van der Waals surface area contributed by atoms with Gasteiger partial charge in [-0.25, -0.2) is 9.97 Å². The summed E-state index contributed by atoms with van der Waals surface area (Å²) < 4.78 is 0. The van der Waals surface area contributed by atoms with Gasteiger partial charge in [-0.1, -0.05) is 206 Å². The minimum atomic E-state index is 0.854. The van der Waals surface area contributed by atoms with Gasteiger partial charge in [0.1, 0.15) is 0 Å². The molecule has 9 aromatic carbocycles. The zero-order valence-electron chi connectivity index (χ0n) is 29.5. The Morgan fingerprint density at radius 3 is 0.944 bits per heavy atom. The molecule has 0 spiro atoms. The monoisotopic (exact) mass is 686 g/mol. The molecule has 1 aromatic heterocycles. The first-order chi connectivity index (χ1) is 26.8. The van der Waals surface area contributed by atoms with Crippen molar-refractivity contribution in [2.24, 2.45) is 0 Å². The molecule has 0 radical (unpaired) electrons. The fourth-order valence-corrected chi connectivity index (χ4v) is 8.06. The average Bonchev–Trinajstić information content (AvgIpc) is 3.26. The molecule has 0 saturated carbocycles. The molecular formula is C52H34N2. The minimum Gasteiger partial charge on any atom is -0.243 e. The predicted molar refractivity (Wildman–Crippen MR) is 227 cm³/mol. The van der Waals surface area contributed by atoms with E-state index in [9.17, 15) is 0 Å². The van der Waals surface area contributed by atoms with Crippen molar-refractivity contribution in [1.29, 1.82) is 0 Å². The van der Waals surface area contributed by atoms with Gasteiger partial charge in [0.2, 0.25) is 0 Å². The van der Waals surface area contributed by atoms with E-state index in [4.69, 9.17) is 9.97 Å². The van der Waals surface area contributed by atoms with Crippen LogP contribution >= 0.6 is 0 Å². The zero-order valence-corrected chi connectivity index (χ0v) is 29.5. The van der Waals surface area contributed by atoms with Crippen LogP contribution in [0.25, 0.3) is 99.6 Å². The Morgan fingerprint density at radius 2 is 0.556 bits per heavy atom. The summed E-state index contributed by atoms with van der Waals surface area (Å²) in [4.78, 5) is 11.6. The Kier molecular flexibility index (Phi) is 7.85. The lowest BCUT2D eigenvalue weighted by atomic mass is 9.79. The fourth-order valence-electron chi connectivity index (χ4n) is 8.06. The third-order valence-electron chi connectivity index (χ3n) is 10.5. The molecule has 0 unspecified atom stereocenters. The molecule has 0 amide bonds. The van der Waals surface area contributed by atoms with E-state index in [0.29, 0.717) is 0 Å². The molecule has 54 heavy (non-hydrogen) atoms. The van der Waals surface area contributed by atoms with Crippen molar-refractivity contribution in [3.63, 3.8) is 0 Å². The van der Waals surface area contributed by atoms with Crippen LogP contribution in [0.2, 0.25) is 0 Å². The maximum absolute atomic E-state index is 5.79. The third kappa shape index (κ3) is 5.36. The van der Waals surface area contributed by atoms with E-state index >= 15 is 0 Å². The van der Waals surface area contributed by atoms with Crippen molar-refractivity contribution in [3.05, 3.63) is 206 Å². The van der Waals surface area contributed by atoms with E-state index in [0.717, 1.165) is 78.1 Å². The number of hydrogen-bond acceptors (Lipinski definition) is 2. The summed E-state index contributed by atoms with van der Waals surface area (Å²) in [7, 11) is 0. The highest BCUT2D eigenvalue weighted by Crippen LogP contribution is 2.53. The number of rotatable bonds is 6. The Morgan fingerprint density at radius 1 is 0.241 bits per heavy atom. The number of aromatic nitrogens is 2. The quantitative estimate of drug-likeness (QED) is 0.174. The van der Waals surface area contributed by atoms with Crippen LogP contribution in [-0.2, 0) is 0 Å². The van der Waals surface area contributed by atoms with Gasteiger partial charge in [0.25, 0.3) is 0 Å². The number of fused-ring (bicyclic) bond motifs is 3. The Labute approximate surface area is 314 Å². The summed E-state index contributed by atoms with van der Waals surface area (Å²) in [5.74, 6) is 0. The minimum absolute atomic E-state index is 0.854. The summed E-state index contributed by atoms with van der Waals surface area (Å²) >= 11 is 0. The first-order valence-corrected chi connectivity index (χ1v) is 18.4. The van der Waals surface area contributed by atoms with E-state index in [1.54, 1.807) is 0 Å². The Bertz CT molecular complexity index is 2740. The lowest BCUT2D eigenvalue weighted by molar-refractivity contribution is 1.29. The molecule has 0 aliphatic carbocycles. The fraction of sp³-hybridized carbons (Fsp3) is 0. The van der Waals surface area contributed by atoms with E-state index < -0.39 is 0 Å². The van der Waals surface area contributed by atoms with Gasteiger partial charge in [0, 0.05) is 33.4 Å². The molecule has 2 nitrogen and oxygen atoms in total. The normalized spacial score (nSPS) is 11.3. The number of nitrogens with zero attached hydrogens (tertiary/aromatic N) is 2. The van der Waals surface area contributed by atoms with Crippen LogP contribution in [0.15, 0.2) is 206 Å². The highest BCUT2D eigenvalue weighted by molar-refractivity contribution is 6.21. The van der Waals surface area contributed by atoms with Crippen molar-refractivity contribution in [2.75, 3.05) is 0 Å². The van der Waals surface area contributed by atoms with E-state index in [-0.39, 0.29) is 0 Å². The molecule has 10 aromatic rings. The second kappa shape index (κ2) is 13.4. The summed E-state index contributed by atoms with van der Waals surface area (Å²) in [6.45, 7) is 0. The molecule has 0 aliphatic rings. The molecule has 10 rings (SSSR count). The van der Waals surface area contributed by atoms with Crippen molar-refractivity contribution >= 4 is 32.6 Å². The summed E-state index contributed by atoms with van der Waals surface area (Å²) in [6, 6.07) is 73.3. The first-order valence-electron chi connectivity index (χ1n) is 18.4. The number of hydrogen-bond donors (Lipinski definition) is 0. The van der Waals surface area contributed by atoms with Gasteiger partial charge < -0.3 is 0 Å². The lowest BCUT2D eigenvalue weighted by Gasteiger charge is -2.25. The van der Waals surface area contributed by atoms with Crippen molar-refractivity contribution < 1.29 is 0 Å². The maximum Gasteiger partial charge on any atom is 0.0986 e. The molecule has 1 heterocycles. The van der Waals surface area contributed by atoms with Crippen molar-refractivity contribution in [2.45, 2.75) is 0 Å². The summed E-state index contributed by atoms with van der Waals surface area (Å²) in [6.07, 6.45) is 0. The first kappa shape index (κ1) is 31.6. The topological polar surface area (TPSA) is 25.8 Å². The van der Waals surface area contributed by atoms with Crippen LogP contribution in [0.3, 0.4) is 0 Å². The van der Waals surface area contributed by atoms with Gasteiger partial charge in [0.15, 0.2) is 0 Å². The highest BCUT2D eigenvalue weighted by Gasteiger charge is 2.29. The van der Waals surface area contributed by atoms with Gasteiger partial charge in [-0.2, -0.15) is 0 Å². The largest absolute Gasteiger partial charge is 0.243 e. The van der Waals surface area contributed by atoms with Gasteiger partial charge >= 0.3 is 0 Å². The van der Waals surface area contributed by atoms with Crippen molar-refractivity contribution in [3.8, 4) is 67.0 Å². The van der Waals surface area contributed by atoms with E-state index in [1.165, 1.54) is 21.5 Å². The van der Waals surface area contributed by atoms with Crippen LogP contribution in [-0.4, -0.2) is 9.97 Å². The third-order valence-corrected chi connectivity index (χ3v) is 10.5. The molecule has 0 bridgehead atoms. The average molecular weight is 687 g/mol. The van der Waals surface area contributed by atoms with Gasteiger partial charge in [-0.05, 0) is 43.8 Å². The van der Waals surface area contributed by atoms with Crippen LogP contribution in [0.1, 0.15) is 0 Å². The van der Waals surface area contributed by atoms with Gasteiger partial charge in [-0.15, -0.1) is 0 Å². The van der Waals surface area contributed by atoms with Gasteiger partial charge in [-0.3, -0.25) is 0 Å². The summed E-state index contributed by atoms with van der Waals surface area (Å²) in [5, 5.41) is 4.76. The molecule has 2 heteroatoms. The highest BCUT2D eigenvalue weighted by atomic mass is 14.8. The molecule has 0 fully saturated rings. The Balaban J connectivity index is 1.52. The maximum atomic E-state index is 5.79. The molecule has 0 saturated heterocycles. The SMILES string of the molecule is c1ccc(-c2nc3c(-c4ccccc4)c(-c4cccc5ccccc45)c(-c4cccc5ccccc45)c(-c4ccccc4)c3nc2-c2ccccc2)cc1. The molecule has 252 valence electrons.